The first-order valence-corrected chi connectivity index (χ1v) is 8.39. The highest BCUT2D eigenvalue weighted by atomic mass is 35.5. The van der Waals surface area contributed by atoms with Crippen LogP contribution in [-0.2, 0) is 20.6 Å². The average molecular weight is 317 g/mol. The zero-order valence-electron chi connectivity index (χ0n) is 11.0. The normalized spacial score (nSPS) is 20.8. The van der Waals surface area contributed by atoms with Crippen LogP contribution in [0.15, 0.2) is 24.3 Å². The first-order chi connectivity index (χ1) is 9.38. The van der Waals surface area contributed by atoms with Crippen LogP contribution >= 0.6 is 11.6 Å². The van der Waals surface area contributed by atoms with Gasteiger partial charge < -0.3 is 5.73 Å². The number of sulfonamides is 1. The van der Waals surface area contributed by atoms with E-state index in [0.717, 1.165) is 0 Å². The van der Waals surface area contributed by atoms with Gasteiger partial charge in [0.25, 0.3) is 0 Å². The Hall–Kier alpha value is -1.11. The Balaban J connectivity index is 2.12. The lowest BCUT2D eigenvalue weighted by Crippen LogP contribution is -2.44. The van der Waals surface area contributed by atoms with Crippen molar-refractivity contribution >= 4 is 27.5 Å². The number of piperidine rings is 1. The fourth-order valence-electron chi connectivity index (χ4n) is 2.36. The highest BCUT2D eigenvalue weighted by molar-refractivity contribution is 7.88. The molecule has 1 atom stereocenters. The fourth-order valence-corrected chi connectivity index (χ4v) is 4.17. The maximum absolute atomic E-state index is 12.4. The molecule has 110 valence electrons. The Kier molecular flexibility index (Phi) is 4.67. The van der Waals surface area contributed by atoms with Crippen molar-refractivity contribution in [1.29, 1.82) is 0 Å². The second-order valence-corrected chi connectivity index (χ2v) is 7.39. The van der Waals surface area contributed by atoms with Gasteiger partial charge >= 0.3 is 0 Å². The second-order valence-electron chi connectivity index (χ2n) is 4.99. The molecular weight excluding hydrogens is 300 g/mol. The van der Waals surface area contributed by atoms with Crippen LogP contribution in [0.2, 0.25) is 5.02 Å². The predicted octanol–water partition coefficient (Wildman–Crippen LogP) is 1.37. The number of hydrogen-bond acceptors (Lipinski definition) is 3. The third-order valence-corrected chi connectivity index (χ3v) is 5.47. The number of amides is 1. The van der Waals surface area contributed by atoms with E-state index in [2.05, 4.69) is 0 Å². The first-order valence-electron chi connectivity index (χ1n) is 6.40. The smallest absolute Gasteiger partial charge is 0.221 e. The number of rotatable bonds is 4. The van der Waals surface area contributed by atoms with Crippen LogP contribution in [0.25, 0.3) is 0 Å². The number of benzene rings is 1. The molecular formula is C13H17ClN2O3S. The van der Waals surface area contributed by atoms with E-state index >= 15 is 0 Å². The number of nitrogens with zero attached hydrogens (tertiary/aromatic N) is 1. The summed E-state index contributed by atoms with van der Waals surface area (Å²) in [5.74, 6) is -0.940. The third kappa shape index (κ3) is 3.71. The molecule has 1 amide bonds. The van der Waals surface area contributed by atoms with E-state index in [4.69, 9.17) is 17.3 Å². The molecule has 1 heterocycles. The Morgan fingerprint density at radius 2 is 2.20 bits per heavy atom. The predicted molar refractivity (Wildman–Crippen MR) is 77.6 cm³/mol. The molecule has 1 aliphatic rings. The Labute approximate surface area is 123 Å². The molecule has 2 rings (SSSR count). The Morgan fingerprint density at radius 1 is 1.45 bits per heavy atom. The lowest BCUT2D eigenvalue weighted by atomic mass is 9.99. The molecule has 1 aliphatic heterocycles. The van der Waals surface area contributed by atoms with Crippen LogP contribution in [0.3, 0.4) is 0 Å². The van der Waals surface area contributed by atoms with Gasteiger partial charge in [0.1, 0.15) is 0 Å². The summed E-state index contributed by atoms with van der Waals surface area (Å²) in [6.07, 6.45) is 1.31. The van der Waals surface area contributed by atoms with Crippen LogP contribution in [0.1, 0.15) is 18.4 Å². The van der Waals surface area contributed by atoms with E-state index < -0.39 is 21.8 Å². The molecule has 5 nitrogen and oxygen atoms in total. The summed E-state index contributed by atoms with van der Waals surface area (Å²) in [7, 11) is -3.45. The molecule has 0 aliphatic carbocycles. The van der Waals surface area contributed by atoms with Crippen LogP contribution in [0, 0.1) is 5.92 Å². The largest absolute Gasteiger partial charge is 0.369 e. The van der Waals surface area contributed by atoms with Crippen molar-refractivity contribution in [3.8, 4) is 0 Å². The molecule has 0 saturated carbocycles. The van der Waals surface area contributed by atoms with E-state index in [1.54, 1.807) is 24.3 Å². The molecule has 7 heteroatoms. The lowest BCUT2D eigenvalue weighted by Gasteiger charge is -2.30. The molecule has 0 bridgehead atoms. The molecule has 2 N–H and O–H groups in total. The summed E-state index contributed by atoms with van der Waals surface area (Å²) >= 11 is 5.85. The monoisotopic (exact) mass is 316 g/mol. The van der Waals surface area contributed by atoms with Crippen molar-refractivity contribution < 1.29 is 13.2 Å². The summed E-state index contributed by atoms with van der Waals surface area (Å²) < 4.78 is 26.1. The van der Waals surface area contributed by atoms with Gasteiger partial charge in [-0.15, -0.1) is 0 Å². The molecule has 0 unspecified atom stereocenters. The van der Waals surface area contributed by atoms with E-state index in [9.17, 15) is 13.2 Å². The number of carbonyl (C=O) groups excluding carboxylic acids is 1. The minimum absolute atomic E-state index is 0.112. The van der Waals surface area contributed by atoms with Crippen LogP contribution in [0.5, 0.6) is 0 Å². The minimum Gasteiger partial charge on any atom is -0.369 e. The standard InChI is InChI=1S/C13H17ClN2O3S/c14-12-5-1-3-10(7-12)9-20(18,19)16-6-2-4-11(8-16)13(15)17/h1,3,5,7,11H,2,4,6,8-9H2,(H2,15,17)/t11-/m1/s1. The quantitative estimate of drug-likeness (QED) is 0.911. The molecule has 1 aromatic carbocycles. The first kappa shape index (κ1) is 15.3. The van der Waals surface area contributed by atoms with Crippen molar-refractivity contribution in [3.05, 3.63) is 34.9 Å². The van der Waals surface area contributed by atoms with E-state index in [1.807, 2.05) is 0 Å². The maximum atomic E-state index is 12.4. The van der Waals surface area contributed by atoms with Gasteiger partial charge in [0, 0.05) is 18.1 Å². The maximum Gasteiger partial charge on any atom is 0.221 e. The third-order valence-electron chi connectivity index (χ3n) is 3.42. The van der Waals surface area contributed by atoms with Crippen molar-refractivity contribution in [3.63, 3.8) is 0 Å². The topological polar surface area (TPSA) is 80.5 Å². The number of hydrogen-bond donors (Lipinski definition) is 1. The molecule has 1 aromatic rings. The summed E-state index contributed by atoms with van der Waals surface area (Å²) in [4.78, 5) is 11.2. The van der Waals surface area contributed by atoms with Gasteiger partial charge in [0.05, 0.1) is 11.7 Å². The van der Waals surface area contributed by atoms with Gasteiger partial charge in [-0.25, -0.2) is 12.7 Å². The highest BCUT2D eigenvalue weighted by Crippen LogP contribution is 2.22. The zero-order chi connectivity index (χ0) is 14.8. The molecule has 0 radical (unpaired) electrons. The van der Waals surface area contributed by atoms with Gasteiger partial charge in [0.2, 0.25) is 15.9 Å². The van der Waals surface area contributed by atoms with E-state index in [0.29, 0.717) is 30.0 Å². The molecule has 20 heavy (non-hydrogen) atoms. The minimum atomic E-state index is -3.45. The van der Waals surface area contributed by atoms with E-state index in [1.165, 1.54) is 4.31 Å². The van der Waals surface area contributed by atoms with Crippen LogP contribution in [0.4, 0.5) is 0 Å². The summed E-state index contributed by atoms with van der Waals surface area (Å²) in [5.41, 5.74) is 5.90. The summed E-state index contributed by atoms with van der Waals surface area (Å²) in [6.45, 7) is 0.616. The summed E-state index contributed by atoms with van der Waals surface area (Å²) in [6, 6.07) is 6.77. The van der Waals surface area contributed by atoms with Crippen molar-refractivity contribution in [2.75, 3.05) is 13.1 Å². The van der Waals surface area contributed by atoms with E-state index in [-0.39, 0.29) is 12.3 Å². The van der Waals surface area contributed by atoms with Gasteiger partial charge in [-0.1, -0.05) is 23.7 Å². The van der Waals surface area contributed by atoms with Crippen molar-refractivity contribution in [2.45, 2.75) is 18.6 Å². The molecule has 1 saturated heterocycles. The molecule has 0 aromatic heterocycles. The molecule has 0 spiro atoms. The van der Waals surface area contributed by atoms with Gasteiger partial charge in [-0.05, 0) is 30.5 Å². The molecule has 1 fully saturated rings. The Morgan fingerprint density at radius 3 is 2.85 bits per heavy atom. The number of primary amides is 1. The summed E-state index contributed by atoms with van der Waals surface area (Å²) in [5, 5.41) is 0.506. The van der Waals surface area contributed by atoms with Gasteiger partial charge in [-0.2, -0.15) is 0 Å². The zero-order valence-corrected chi connectivity index (χ0v) is 12.5. The average Bonchev–Trinajstić information content (AvgIpc) is 2.38. The highest BCUT2D eigenvalue weighted by Gasteiger charge is 2.31. The van der Waals surface area contributed by atoms with Crippen LogP contribution < -0.4 is 5.73 Å². The number of carbonyl (C=O) groups is 1. The fraction of sp³-hybridized carbons (Fsp3) is 0.462. The lowest BCUT2D eigenvalue weighted by molar-refractivity contribution is -0.122. The SMILES string of the molecule is NC(=O)[C@@H]1CCCN(S(=O)(=O)Cc2cccc(Cl)c2)C1. The van der Waals surface area contributed by atoms with Crippen LogP contribution in [-0.4, -0.2) is 31.7 Å². The van der Waals surface area contributed by atoms with Crippen molar-refractivity contribution in [1.82, 2.24) is 4.31 Å². The number of halogens is 1. The Bertz CT molecular complexity index is 603. The van der Waals surface area contributed by atoms with Gasteiger partial charge in [-0.3, -0.25) is 4.79 Å². The second kappa shape index (κ2) is 6.11. The van der Waals surface area contributed by atoms with Crippen molar-refractivity contribution in [2.24, 2.45) is 11.7 Å². The number of nitrogens with two attached hydrogens (primary N) is 1. The van der Waals surface area contributed by atoms with Gasteiger partial charge in [0.15, 0.2) is 0 Å².